The summed E-state index contributed by atoms with van der Waals surface area (Å²) >= 11 is 7.78. The SMILES string of the molecule is CC1CCCC(SCCCCl)C1. The molecule has 0 radical (unpaired) electrons. The molecule has 1 rings (SSSR count). The van der Waals surface area contributed by atoms with Gasteiger partial charge in [0.05, 0.1) is 0 Å². The maximum absolute atomic E-state index is 5.63. The molecule has 2 heteroatoms. The lowest BCUT2D eigenvalue weighted by atomic mass is 9.91. The van der Waals surface area contributed by atoms with Gasteiger partial charge in [-0.3, -0.25) is 0 Å². The fourth-order valence-corrected chi connectivity index (χ4v) is 3.57. The second-order valence-electron chi connectivity index (χ2n) is 3.81. The van der Waals surface area contributed by atoms with Gasteiger partial charge in [0.2, 0.25) is 0 Å². The molecule has 1 aliphatic rings. The Hall–Kier alpha value is 0.640. The van der Waals surface area contributed by atoms with Crippen LogP contribution in [0.1, 0.15) is 39.0 Å². The topological polar surface area (TPSA) is 0 Å². The molecular weight excluding hydrogens is 188 g/mol. The van der Waals surface area contributed by atoms with Crippen LogP contribution in [0.15, 0.2) is 0 Å². The Balaban J connectivity index is 2.06. The number of halogens is 1. The normalized spacial score (nSPS) is 30.5. The highest BCUT2D eigenvalue weighted by Gasteiger charge is 2.18. The average Bonchev–Trinajstić information content (AvgIpc) is 2.05. The molecule has 1 fully saturated rings. The van der Waals surface area contributed by atoms with Crippen LogP contribution in [-0.4, -0.2) is 16.9 Å². The third-order valence-corrected chi connectivity index (χ3v) is 4.21. The lowest BCUT2D eigenvalue weighted by molar-refractivity contribution is 0.394. The summed E-state index contributed by atoms with van der Waals surface area (Å²) in [4.78, 5) is 0. The van der Waals surface area contributed by atoms with E-state index in [4.69, 9.17) is 11.6 Å². The van der Waals surface area contributed by atoms with Crippen LogP contribution >= 0.6 is 23.4 Å². The van der Waals surface area contributed by atoms with Crippen LogP contribution < -0.4 is 0 Å². The van der Waals surface area contributed by atoms with E-state index in [1.807, 2.05) is 0 Å². The summed E-state index contributed by atoms with van der Waals surface area (Å²) in [5.74, 6) is 3.06. The van der Waals surface area contributed by atoms with Gasteiger partial charge in [-0.25, -0.2) is 0 Å². The zero-order chi connectivity index (χ0) is 8.81. The minimum Gasteiger partial charge on any atom is -0.159 e. The molecule has 0 aliphatic heterocycles. The second kappa shape index (κ2) is 6.15. The van der Waals surface area contributed by atoms with E-state index in [-0.39, 0.29) is 0 Å². The first-order valence-corrected chi connectivity index (χ1v) is 6.59. The van der Waals surface area contributed by atoms with Gasteiger partial charge in [0.1, 0.15) is 0 Å². The largest absolute Gasteiger partial charge is 0.159 e. The van der Waals surface area contributed by atoms with Gasteiger partial charge in [-0.1, -0.05) is 19.8 Å². The summed E-state index contributed by atoms with van der Waals surface area (Å²) in [6.45, 7) is 2.38. The molecule has 0 aromatic heterocycles. The van der Waals surface area contributed by atoms with Gasteiger partial charge in [-0.15, -0.1) is 11.6 Å². The van der Waals surface area contributed by atoms with Crippen molar-refractivity contribution in [1.29, 1.82) is 0 Å². The Morgan fingerprint density at radius 1 is 1.42 bits per heavy atom. The molecular formula is C10H19ClS. The van der Waals surface area contributed by atoms with Crippen molar-refractivity contribution in [2.24, 2.45) is 5.92 Å². The number of alkyl halides is 1. The van der Waals surface area contributed by atoms with E-state index in [1.54, 1.807) is 0 Å². The molecule has 0 N–H and O–H groups in total. The number of rotatable bonds is 4. The zero-order valence-corrected chi connectivity index (χ0v) is 9.46. The summed E-state index contributed by atoms with van der Waals surface area (Å²) in [6, 6.07) is 0. The van der Waals surface area contributed by atoms with Gasteiger partial charge in [0.25, 0.3) is 0 Å². The van der Waals surface area contributed by atoms with E-state index in [0.29, 0.717) is 0 Å². The molecule has 1 aliphatic carbocycles. The van der Waals surface area contributed by atoms with Crippen LogP contribution in [0.25, 0.3) is 0 Å². The van der Waals surface area contributed by atoms with Crippen LogP contribution in [0, 0.1) is 5.92 Å². The Bertz CT molecular complexity index is 116. The van der Waals surface area contributed by atoms with Crippen molar-refractivity contribution in [1.82, 2.24) is 0 Å². The van der Waals surface area contributed by atoms with Gasteiger partial charge < -0.3 is 0 Å². The molecule has 1 saturated carbocycles. The van der Waals surface area contributed by atoms with E-state index in [1.165, 1.54) is 37.9 Å². The quantitative estimate of drug-likeness (QED) is 0.496. The van der Waals surface area contributed by atoms with E-state index < -0.39 is 0 Å². The molecule has 0 amide bonds. The molecule has 2 atom stereocenters. The third kappa shape index (κ3) is 4.04. The summed E-state index contributed by atoms with van der Waals surface area (Å²) in [7, 11) is 0. The molecule has 72 valence electrons. The number of thioether (sulfide) groups is 1. The van der Waals surface area contributed by atoms with Gasteiger partial charge in [0, 0.05) is 11.1 Å². The molecule has 2 unspecified atom stereocenters. The lowest BCUT2D eigenvalue weighted by Gasteiger charge is -2.26. The predicted octanol–water partition coefficient (Wildman–Crippen LogP) is 3.93. The molecule has 0 aromatic carbocycles. The molecule has 0 bridgehead atoms. The summed E-state index contributed by atoms with van der Waals surface area (Å²) < 4.78 is 0. The third-order valence-electron chi connectivity index (χ3n) is 2.52. The van der Waals surface area contributed by atoms with E-state index >= 15 is 0 Å². The van der Waals surface area contributed by atoms with Gasteiger partial charge in [0.15, 0.2) is 0 Å². The van der Waals surface area contributed by atoms with Crippen molar-refractivity contribution in [2.75, 3.05) is 11.6 Å². The first-order valence-electron chi connectivity index (χ1n) is 5.00. The second-order valence-corrected chi connectivity index (χ2v) is 5.59. The van der Waals surface area contributed by atoms with Crippen LogP contribution in [0.3, 0.4) is 0 Å². The Morgan fingerprint density at radius 2 is 2.25 bits per heavy atom. The fourth-order valence-electron chi connectivity index (χ4n) is 1.83. The highest BCUT2D eigenvalue weighted by Crippen LogP contribution is 2.32. The van der Waals surface area contributed by atoms with E-state index in [0.717, 1.165) is 17.0 Å². The molecule has 12 heavy (non-hydrogen) atoms. The number of hydrogen-bond donors (Lipinski definition) is 0. The van der Waals surface area contributed by atoms with Crippen molar-refractivity contribution in [3.8, 4) is 0 Å². The molecule has 0 saturated heterocycles. The van der Waals surface area contributed by atoms with E-state index in [9.17, 15) is 0 Å². The average molecular weight is 207 g/mol. The highest BCUT2D eigenvalue weighted by molar-refractivity contribution is 7.99. The minimum absolute atomic E-state index is 0.829. The molecule has 0 nitrogen and oxygen atoms in total. The maximum atomic E-state index is 5.63. The monoisotopic (exact) mass is 206 g/mol. The van der Waals surface area contributed by atoms with Crippen LogP contribution in [0.4, 0.5) is 0 Å². The summed E-state index contributed by atoms with van der Waals surface area (Å²) in [5, 5.41) is 0.942. The maximum Gasteiger partial charge on any atom is 0.0231 e. The standard InChI is InChI=1S/C10H19ClS/c1-9-4-2-5-10(8-9)12-7-3-6-11/h9-10H,2-8H2,1H3. The van der Waals surface area contributed by atoms with Crippen molar-refractivity contribution >= 4 is 23.4 Å². The summed E-state index contributed by atoms with van der Waals surface area (Å²) in [6.07, 6.45) is 6.95. The van der Waals surface area contributed by atoms with Crippen molar-refractivity contribution in [3.05, 3.63) is 0 Å². The summed E-state index contributed by atoms with van der Waals surface area (Å²) in [5.41, 5.74) is 0. The smallest absolute Gasteiger partial charge is 0.0231 e. The minimum atomic E-state index is 0.829. The first-order chi connectivity index (χ1) is 5.83. The van der Waals surface area contributed by atoms with Gasteiger partial charge in [-0.2, -0.15) is 11.8 Å². The van der Waals surface area contributed by atoms with Gasteiger partial charge >= 0.3 is 0 Å². The molecule has 0 heterocycles. The van der Waals surface area contributed by atoms with Crippen molar-refractivity contribution in [3.63, 3.8) is 0 Å². The zero-order valence-electron chi connectivity index (χ0n) is 7.89. The predicted molar refractivity (Wildman–Crippen MR) is 59.2 cm³/mol. The molecule has 0 spiro atoms. The Labute approximate surface area is 85.4 Å². The Morgan fingerprint density at radius 3 is 2.92 bits per heavy atom. The molecule has 0 aromatic rings. The lowest BCUT2D eigenvalue weighted by Crippen LogP contribution is -2.15. The van der Waals surface area contributed by atoms with Gasteiger partial charge in [-0.05, 0) is 30.9 Å². The number of hydrogen-bond acceptors (Lipinski definition) is 1. The fraction of sp³-hybridized carbons (Fsp3) is 1.00. The Kier molecular flexibility index (Phi) is 5.49. The van der Waals surface area contributed by atoms with Crippen LogP contribution in [0.2, 0.25) is 0 Å². The van der Waals surface area contributed by atoms with Crippen LogP contribution in [-0.2, 0) is 0 Å². The first kappa shape index (κ1) is 10.7. The van der Waals surface area contributed by atoms with Crippen LogP contribution in [0.5, 0.6) is 0 Å². The highest BCUT2D eigenvalue weighted by atomic mass is 35.5. The van der Waals surface area contributed by atoms with Crippen molar-refractivity contribution < 1.29 is 0 Å². The van der Waals surface area contributed by atoms with Crippen molar-refractivity contribution in [2.45, 2.75) is 44.3 Å². The van der Waals surface area contributed by atoms with E-state index in [2.05, 4.69) is 18.7 Å².